The van der Waals surface area contributed by atoms with Crippen LogP contribution >= 0.6 is 0 Å². The molecule has 0 unspecified atom stereocenters. The van der Waals surface area contributed by atoms with Crippen LogP contribution in [0.5, 0.6) is 0 Å². The van der Waals surface area contributed by atoms with E-state index in [1.54, 1.807) is 4.31 Å². The summed E-state index contributed by atoms with van der Waals surface area (Å²) in [4.78, 5) is 12.8. The van der Waals surface area contributed by atoms with Gasteiger partial charge >= 0.3 is 0 Å². The molecule has 2 rings (SSSR count). The van der Waals surface area contributed by atoms with Gasteiger partial charge in [0.25, 0.3) is 0 Å². The third kappa shape index (κ3) is 5.61. The lowest BCUT2D eigenvalue weighted by atomic mass is 9.92. The van der Waals surface area contributed by atoms with E-state index in [0.29, 0.717) is 45.1 Å². The summed E-state index contributed by atoms with van der Waals surface area (Å²) >= 11 is 0. The summed E-state index contributed by atoms with van der Waals surface area (Å²) in [5.74, 6) is 0.900. The van der Waals surface area contributed by atoms with Crippen LogP contribution in [0.4, 0.5) is 0 Å². The van der Waals surface area contributed by atoms with Crippen molar-refractivity contribution < 1.29 is 17.9 Å². The molecule has 0 radical (unpaired) electrons. The number of nitrogens with zero attached hydrogens (tertiary/aromatic N) is 2. The Morgan fingerprint density at radius 2 is 1.77 bits per heavy atom. The second-order valence-electron chi connectivity index (χ2n) is 6.21. The smallest absolute Gasteiger partial charge is 0.214 e. The molecule has 0 atom stereocenters. The Morgan fingerprint density at radius 1 is 1.09 bits per heavy atom. The zero-order valence-electron chi connectivity index (χ0n) is 13.3. The normalized spacial score (nSPS) is 22.7. The van der Waals surface area contributed by atoms with E-state index in [1.165, 1.54) is 0 Å². The summed E-state index contributed by atoms with van der Waals surface area (Å²) in [7, 11) is -3.12. The van der Waals surface area contributed by atoms with Crippen LogP contribution in [0.2, 0.25) is 0 Å². The number of hydrogen-bond acceptors (Lipinski definition) is 5. The minimum absolute atomic E-state index is 0.234. The van der Waals surface area contributed by atoms with Gasteiger partial charge in [0.1, 0.15) is 6.29 Å². The van der Waals surface area contributed by atoms with Gasteiger partial charge in [0.2, 0.25) is 10.0 Å². The lowest BCUT2D eigenvalue weighted by Crippen LogP contribution is -2.42. The van der Waals surface area contributed by atoms with E-state index in [1.807, 2.05) is 0 Å². The molecule has 2 aliphatic heterocycles. The largest absolute Gasteiger partial charge is 0.379 e. The summed E-state index contributed by atoms with van der Waals surface area (Å²) in [6.07, 6.45) is 5.63. The topological polar surface area (TPSA) is 66.9 Å². The predicted molar refractivity (Wildman–Crippen MR) is 85.3 cm³/mol. The number of aldehydes is 1. The molecule has 0 aromatic heterocycles. The quantitative estimate of drug-likeness (QED) is 0.613. The third-order valence-electron chi connectivity index (χ3n) is 4.64. The van der Waals surface area contributed by atoms with Crippen molar-refractivity contribution in [2.75, 3.05) is 51.7 Å². The molecular weight excluding hydrogens is 304 g/mol. The van der Waals surface area contributed by atoms with Crippen molar-refractivity contribution >= 4 is 16.3 Å². The molecule has 22 heavy (non-hydrogen) atoms. The molecule has 2 saturated heterocycles. The Labute approximate surface area is 133 Å². The highest BCUT2D eigenvalue weighted by atomic mass is 32.2. The Morgan fingerprint density at radius 3 is 2.41 bits per heavy atom. The van der Waals surface area contributed by atoms with Gasteiger partial charge in [-0.3, -0.25) is 0 Å². The summed E-state index contributed by atoms with van der Waals surface area (Å²) in [5.41, 5.74) is 0. The first-order valence-corrected chi connectivity index (χ1v) is 9.94. The molecule has 2 aliphatic rings. The van der Waals surface area contributed by atoms with Gasteiger partial charge in [0.05, 0.1) is 19.0 Å². The first-order valence-electron chi connectivity index (χ1n) is 8.33. The second-order valence-corrected chi connectivity index (χ2v) is 8.30. The minimum atomic E-state index is -3.12. The molecule has 2 heterocycles. The molecule has 0 aliphatic carbocycles. The highest BCUT2D eigenvalue weighted by Crippen LogP contribution is 2.21. The highest BCUT2D eigenvalue weighted by Gasteiger charge is 2.24. The lowest BCUT2D eigenvalue weighted by molar-refractivity contribution is -0.108. The SMILES string of the molecule is O=CCCC1CCN(CCCS(=O)(=O)N2CCOCC2)CC1. The average Bonchev–Trinajstić information content (AvgIpc) is 2.55. The molecule has 2 fully saturated rings. The maximum absolute atomic E-state index is 12.2. The zero-order chi connectivity index (χ0) is 15.8. The number of carbonyl (C=O) groups excluding carboxylic acids is 1. The van der Waals surface area contributed by atoms with Crippen molar-refractivity contribution in [1.82, 2.24) is 9.21 Å². The minimum Gasteiger partial charge on any atom is -0.379 e. The van der Waals surface area contributed by atoms with E-state index in [0.717, 1.165) is 45.2 Å². The first-order chi connectivity index (χ1) is 10.6. The molecule has 6 nitrogen and oxygen atoms in total. The van der Waals surface area contributed by atoms with Crippen molar-refractivity contribution in [2.24, 2.45) is 5.92 Å². The molecule has 0 bridgehead atoms. The number of rotatable bonds is 8. The Balaban J connectivity index is 1.63. The second kappa shape index (κ2) is 8.96. The molecule has 0 amide bonds. The molecular formula is C15H28N2O4S. The number of sulfonamides is 1. The van der Waals surface area contributed by atoms with Crippen LogP contribution in [0.25, 0.3) is 0 Å². The van der Waals surface area contributed by atoms with Gasteiger partial charge in [-0.1, -0.05) is 0 Å². The standard InChI is InChI=1S/C15H28N2O4S/c18-11-1-3-15-4-7-16(8-5-15)6-2-14-22(19,20)17-9-12-21-13-10-17/h11,15H,1-10,12-14H2. The fourth-order valence-corrected chi connectivity index (χ4v) is 4.68. The highest BCUT2D eigenvalue weighted by molar-refractivity contribution is 7.89. The number of likely N-dealkylation sites (tertiary alicyclic amines) is 1. The van der Waals surface area contributed by atoms with E-state index < -0.39 is 10.0 Å². The summed E-state index contributed by atoms with van der Waals surface area (Å²) in [6.45, 7) is 4.90. The number of ether oxygens (including phenoxy) is 1. The third-order valence-corrected chi connectivity index (χ3v) is 6.60. The van der Waals surface area contributed by atoms with E-state index in [-0.39, 0.29) is 5.75 Å². The fraction of sp³-hybridized carbons (Fsp3) is 0.933. The van der Waals surface area contributed by atoms with Crippen LogP contribution in [0.1, 0.15) is 32.1 Å². The maximum atomic E-state index is 12.2. The summed E-state index contributed by atoms with van der Waals surface area (Å²) < 4.78 is 31.2. The first kappa shape index (κ1) is 17.8. The van der Waals surface area contributed by atoms with Gasteiger partial charge in [-0.2, -0.15) is 4.31 Å². The molecule has 0 spiro atoms. The monoisotopic (exact) mass is 332 g/mol. The van der Waals surface area contributed by atoms with Gasteiger partial charge in [-0.15, -0.1) is 0 Å². The van der Waals surface area contributed by atoms with Crippen molar-refractivity contribution in [3.63, 3.8) is 0 Å². The molecule has 7 heteroatoms. The van der Waals surface area contributed by atoms with Crippen molar-refractivity contribution in [2.45, 2.75) is 32.1 Å². The Bertz CT molecular complexity index is 427. The number of morpholine rings is 1. The maximum Gasteiger partial charge on any atom is 0.214 e. The van der Waals surface area contributed by atoms with Crippen molar-refractivity contribution in [3.05, 3.63) is 0 Å². The van der Waals surface area contributed by atoms with Crippen LogP contribution in [0.15, 0.2) is 0 Å². The van der Waals surface area contributed by atoms with Gasteiger partial charge in [-0.25, -0.2) is 8.42 Å². The summed E-state index contributed by atoms with van der Waals surface area (Å²) in [6, 6.07) is 0. The van der Waals surface area contributed by atoms with Crippen LogP contribution in [0.3, 0.4) is 0 Å². The number of carbonyl (C=O) groups is 1. The Hall–Kier alpha value is -0.500. The molecule has 0 aromatic rings. The van der Waals surface area contributed by atoms with Crippen LogP contribution in [-0.2, 0) is 19.6 Å². The van der Waals surface area contributed by atoms with Crippen LogP contribution in [0, 0.1) is 5.92 Å². The average molecular weight is 332 g/mol. The van der Waals surface area contributed by atoms with Gasteiger partial charge in [0, 0.05) is 19.5 Å². The number of hydrogen-bond donors (Lipinski definition) is 0. The van der Waals surface area contributed by atoms with E-state index in [4.69, 9.17) is 4.74 Å². The molecule has 0 saturated carbocycles. The number of piperidine rings is 1. The van der Waals surface area contributed by atoms with E-state index in [2.05, 4.69) is 4.90 Å². The Kier molecular flexibility index (Phi) is 7.27. The van der Waals surface area contributed by atoms with Crippen LogP contribution in [-0.4, -0.2) is 75.6 Å². The van der Waals surface area contributed by atoms with E-state index in [9.17, 15) is 13.2 Å². The summed E-state index contributed by atoms with van der Waals surface area (Å²) in [5, 5.41) is 0. The molecule has 0 aromatic carbocycles. The van der Waals surface area contributed by atoms with Gasteiger partial charge in [-0.05, 0) is 51.2 Å². The van der Waals surface area contributed by atoms with Crippen LogP contribution < -0.4 is 0 Å². The zero-order valence-corrected chi connectivity index (χ0v) is 14.1. The van der Waals surface area contributed by atoms with E-state index >= 15 is 0 Å². The molecule has 128 valence electrons. The van der Waals surface area contributed by atoms with Crippen molar-refractivity contribution in [3.8, 4) is 0 Å². The molecule has 0 N–H and O–H groups in total. The van der Waals surface area contributed by atoms with Gasteiger partial charge < -0.3 is 14.4 Å². The fourth-order valence-electron chi connectivity index (χ4n) is 3.23. The lowest BCUT2D eigenvalue weighted by Gasteiger charge is -2.32. The van der Waals surface area contributed by atoms with Gasteiger partial charge in [0.15, 0.2) is 0 Å². The van der Waals surface area contributed by atoms with Crippen molar-refractivity contribution in [1.29, 1.82) is 0 Å². The predicted octanol–water partition coefficient (Wildman–Crippen LogP) is 0.730.